The molecule has 0 aliphatic rings. The van der Waals surface area contributed by atoms with Gasteiger partial charge in [0.15, 0.2) is 0 Å². The molecule has 2 heterocycles. The van der Waals surface area contributed by atoms with Crippen LogP contribution >= 0.6 is 0 Å². The first-order valence-electron chi connectivity index (χ1n) is 4.41. The molecule has 2 aromatic heterocycles. The highest BCUT2D eigenvalue weighted by Gasteiger charge is 2.34. The summed E-state index contributed by atoms with van der Waals surface area (Å²) in [4.78, 5) is 23.3. The van der Waals surface area contributed by atoms with Gasteiger partial charge in [0.2, 0.25) is 5.82 Å². The Labute approximate surface area is 92.4 Å². The Hall–Kier alpha value is -2.25. The number of halogens is 3. The van der Waals surface area contributed by atoms with Gasteiger partial charge in [0.25, 0.3) is 5.56 Å². The van der Waals surface area contributed by atoms with Crippen molar-refractivity contribution in [3.8, 4) is 11.3 Å². The number of H-pyrrole nitrogens is 1. The van der Waals surface area contributed by atoms with Crippen molar-refractivity contribution in [2.24, 2.45) is 0 Å². The number of aromatic nitrogens is 4. The predicted molar refractivity (Wildman–Crippen MR) is 50.9 cm³/mol. The summed E-state index contributed by atoms with van der Waals surface area (Å²) in [6.45, 7) is 0. The van der Waals surface area contributed by atoms with Crippen LogP contribution in [0.3, 0.4) is 0 Å². The van der Waals surface area contributed by atoms with Gasteiger partial charge < -0.3 is 4.98 Å². The molecule has 0 unspecified atom stereocenters. The highest BCUT2D eigenvalue weighted by atomic mass is 19.4. The standard InChI is InChI=1S/C9H5F3N4O/c10-9(11,12)8-15-6(1-7(17)16-8)5-2-13-4-14-3-5/h1-4H,(H,15,16,17). The van der Waals surface area contributed by atoms with E-state index in [4.69, 9.17) is 0 Å². The van der Waals surface area contributed by atoms with E-state index < -0.39 is 17.6 Å². The monoisotopic (exact) mass is 242 g/mol. The first-order chi connectivity index (χ1) is 7.97. The molecule has 88 valence electrons. The summed E-state index contributed by atoms with van der Waals surface area (Å²) >= 11 is 0. The van der Waals surface area contributed by atoms with E-state index in [1.165, 1.54) is 18.7 Å². The molecule has 0 spiro atoms. The minimum Gasteiger partial charge on any atom is -0.303 e. The largest absolute Gasteiger partial charge is 0.449 e. The third-order valence-electron chi connectivity index (χ3n) is 1.87. The highest BCUT2D eigenvalue weighted by Crippen LogP contribution is 2.26. The molecule has 1 N–H and O–H groups in total. The molecule has 0 bridgehead atoms. The summed E-state index contributed by atoms with van der Waals surface area (Å²) in [5, 5.41) is 0. The molecule has 0 saturated carbocycles. The number of hydrogen-bond acceptors (Lipinski definition) is 4. The van der Waals surface area contributed by atoms with Gasteiger partial charge >= 0.3 is 6.18 Å². The van der Waals surface area contributed by atoms with Crippen LogP contribution in [0.4, 0.5) is 13.2 Å². The summed E-state index contributed by atoms with van der Waals surface area (Å²) < 4.78 is 37.2. The van der Waals surface area contributed by atoms with Crippen LogP contribution in [0.1, 0.15) is 5.82 Å². The molecule has 0 atom stereocenters. The van der Waals surface area contributed by atoms with Gasteiger partial charge in [-0.1, -0.05) is 0 Å². The molecule has 0 aliphatic carbocycles. The molecule has 8 heteroatoms. The Bertz CT molecular complexity index is 579. The van der Waals surface area contributed by atoms with Gasteiger partial charge in [-0.25, -0.2) is 15.0 Å². The SMILES string of the molecule is O=c1cc(-c2cncnc2)nc(C(F)(F)F)[nH]1. The maximum Gasteiger partial charge on any atom is 0.449 e. The van der Waals surface area contributed by atoms with Crippen molar-refractivity contribution < 1.29 is 13.2 Å². The van der Waals surface area contributed by atoms with E-state index in [9.17, 15) is 18.0 Å². The minimum atomic E-state index is -4.70. The zero-order chi connectivity index (χ0) is 12.5. The van der Waals surface area contributed by atoms with Crippen molar-refractivity contribution >= 4 is 0 Å². The number of nitrogens with zero attached hydrogens (tertiary/aromatic N) is 3. The van der Waals surface area contributed by atoms with Crippen LogP contribution in [-0.2, 0) is 6.18 Å². The average molecular weight is 242 g/mol. The summed E-state index contributed by atoms with van der Waals surface area (Å²) in [7, 11) is 0. The van der Waals surface area contributed by atoms with E-state index in [0.717, 1.165) is 6.07 Å². The summed E-state index contributed by atoms with van der Waals surface area (Å²) in [6, 6.07) is 0.952. The Morgan fingerprint density at radius 2 is 1.82 bits per heavy atom. The molecule has 5 nitrogen and oxygen atoms in total. The van der Waals surface area contributed by atoms with E-state index in [1.807, 2.05) is 0 Å². The van der Waals surface area contributed by atoms with Crippen LogP contribution in [0.2, 0.25) is 0 Å². The van der Waals surface area contributed by atoms with Gasteiger partial charge in [0.1, 0.15) is 6.33 Å². The lowest BCUT2D eigenvalue weighted by Gasteiger charge is -2.06. The van der Waals surface area contributed by atoms with E-state index >= 15 is 0 Å². The molecule has 0 amide bonds. The Kier molecular flexibility index (Phi) is 2.62. The summed E-state index contributed by atoms with van der Waals surface area (Å²) in [5.41, 5.74) is -0.767. The van der Waals surface area contributed by atoms with Gasteiger partial charge in [-0.15, -0.1) is 0 Å². The zero-order valence-electron chi connectivity index (χ0n) is 8.19. The van der Waals surface area contributed by atoms with Gasteiger partial charge in [0.05, 0.1) is 5.69 Å². The molecule has 17 heavy (non-hydrogen) atoms. The van der Waals surface area contributed by atoms with E-state index in [1.54, 1.807) is 4.98 Å². The summed E-state index contributed by atoms with van der Waals surface area (Å²) in [5.74, 6) is -1.34. The van der Waals surface area contributed by atoms with E-state index in [0.29, 0.717) is 0 Å². The fourth-order valence-electron chi connectivity index (χ4n) is 1.17. The van der Waals surface area contributed by atoms with Gasteiger partial charge in [-0.2, -0.15) is 13.2 Å². The fourth-order valence-corrected chi connectivity index (χ4v) is 1.17. The lowest BCUT2D eigenvalue weighted by Crippen LogP contribution is -2.18. The number of alkyl halides is 3. The number of hydrogen-bond donors (Lipinski definition) is 1. The zero-order valence-corrected chi connectivity index (χ0v) is 8.19. The fraction of sp³-hybridized carbons (Fsp3) is 0.111. The Balaban J connectivity index is 2.58. The Morgan fingerprint density at radius 3 is 2.41 bits per heavy atom. The number of rotatable bonds is 1. The molecular formula is C9H5F3N4O. The molecule has 2 aromatic rings. The quantitative estimate of drug-likeness (QED) is 0.816. The second-order valence-corrected chi connectivity index (χ2v) is 3.10. The van der Waals surface area contributed by atoms with Gasteiger partial charge in [-0.05, 0) is 0 Å². The predicted octanol–water partition coefficient (Wildman–Crippen LogP) is 1.25. The van der Waals surface area contributed by atoms with Crippen LogP contribution in [0.15, 0.2) is 29.6 Å². The van der Waals surface area contributed by atoms with Gasteiger partial charge in [-0.3, -0.25) is 4.79 Å². The van der Waals surface area contributed by atoms with Crippen LogP contribution in [0.25, 0.3) is 11.3 Å². The van der Waals surface area contributed by atoms with E-state index in [-0.39, 0.29) is 11.3 Å². The first-order valence-corrected chi connectivity index (χ1v) is 4.41. The van der Waals surface area contributed by atoms with Crippen molar-refractivity contribution in [1.82, 2.24) is 19.9 Å². The maximum absolute atomic E-state index is 12.4. The van der Waals surface area contributed by atoms with Crippen molar-refractivity contribution in [3.05, 3.63) is 41.0 Å². The van der Waals surface area contributed by atoms with Gasteiger partial charge in [0, 0.05) is 24.0 Å². The lowest BCUT2D eigenvalue weighted by atomic mass is 10.2. The number of nitrogens with one attached hydrogen (secondary N) is 1. The topological polar surface area (TPSA) is 71.5 Å². The molecule has 0 saturated heterocycles. The lowest BCUT2D eigenvalue weighted by molar-refractivity contribution is -0.145. The molecule has 2 rings (SSSR count). The first kappa shape index (κ1) is 11.2. The third-order valence-corrected chi connectivity index (χ3v) is 1.87. The molecule has 0 aromatic carbocycles. The van der Waals surface area contributed by atoms with Crippen molar-refractivity contribution in [1.29, 1.82) is 0 Å². The number of aromatic amines is 1. The average Bonchev–Trinajstić information content (AvgIpc) is 2.28. The molecule has 0 aliphatic heterocycles. The van der Waals surface area contributed by atoms with Crippen LogP contribution in [0.5, 0.6) is 0 Å². The minimum absolute atomic E-state index is 0.123. The van der Waals surface area contributed by atoms with Crippen LogP contribution < -0.4 is 5.56 Å². The molecule has 0 fully saturated rings. The van der Waals surface area contributed by atoms with Crippen LogP contribution in [-0.4, -0.2) is 19.9 Å². The summed E-state index contributed by atoms with van der Waals surface area (Å²) in [6.07, 6.45) is -0.935. The van der Waals surface area contributed by atoms with E-state index in [2.05, 4.69) is 15.0 Å². The molecular weight excluding hydrogens is 237 g/mol. The third kappa shape index (κ3) is 2.47. The normalized spacial score (nSPS) is 11.5. The van der Waals surface area contributed by atoms with Crippen LogP contribution in [0, 0.1) is 0 Å². The maximum atomic E-state index is 12.4. The highest BCUT2D eigenvalue weighted by molar-refractivity contribution is 5.55. The van der Waals surface area contributed by atoms with Crippen molar-refractivity contribution in [2.75, 3.05) is 0 Å². The molecule has 0 radical (unpaired) electrons. The second-order valence-electron chi connectivity index (χ2n) is 3.10. The van der Waals surface area contributed by atoms with Crippen molar-refractivity contribution in [2.45, 2.75) is 6.18 Å². The smallest absolute Gasteiger partial charge is 0.303 e. The van der Waals surface area contributed by atoms with Crippen molar-refractivity contribution in [3.63, 3.8) is 0 Å². The second kappa shape index (κ2) is 3.96. The Morgan fingerprint density at radius 1 is 1.18 bits per heavy atom.